The normalized spacial score (nSPS) is 12.1. The Morgan fingerprint density at radius 3 is 1.21 bits per heavy atom. The smallest absolute Gasteiger partial charge is 0.162 e. The summed E-state index contributed by atoms with van der Waals surface area (Å²) in [5, 5.41) is 4.38. The predicted molar refractivity (Wildman–Crippen MR) is 198 cm³/mol. The molecule has 6 nitrogen and oxygen atoms in total. The van der Waals surface area contributed by atoms with E-state index in [0.717, 1.165) is 103 Å². The molecule has 0 spiro atoms. The average Bonchev–Trinajstić information content (AvgIpc) is 3.85. The van der Waals surface area contributed by atoms with Crippen LogP contribution in [0.5, 0.6) is 0 Å². The number of fused-ring (bicyclic) bond motifs is 20. The standard InChI is InChI=1S/C42H36N6/c1-5-23-11-15-29-31(17-23)37-21-35-27-13-9-25(7-3)19-33(27)42(43-35)48-40-30-16-12-24(6-2)18-32(30)38(46-40)22-36-28-14-10-26(8-4)20-34(28)41(44-36)47-39(29)45-37/h9-22H,5-8H2,1-4H3,(H,44,45,47)(H,43,46,48). The Labute approximate surface area is 279 Å². The molecule has 0 atom stereocenters. The molecular weight excluding hydrogens is 589 g/mol. The summed E-state index contributed by atoms with van der Waals surface area (Å²) in [7, 11) is 0. The van der Waals surface area contributed by atoms with Gasteiger partial charge in [-0.25, -0.2) is 19.9 Å². The number of aromatic nitrogens is 6. The lowest BCUT2D eigenvalue weighted by Gasteiger charge is -2.02. The first-order valence-corrected chi connectivity index (χ1v) is 17.1. The highest BCUT2D eigenvalue weighted by atomic mass is 15.0. The lowest BCUT2D eigenvalue weighted by molar-refractivity contribution is 1.14. The van der Waals surface area contributed by atoms with Gasteiger partial charge < -0.3 is 9.97 Å². The number of hydrogen-bond acceptors (Lipinski definition) is 4. The number of H-pyrrole nitrogens is 2. The Morgan fingerprint density at radius 2 is 0.792 bits per heavy atom. The Kier molecular flexibility index (Phi) is 6.54. The molecule has 2 aliphatic rings. The minimum atomic E-state index is 0.711. The van der Waals surface area contributed by atoms with E-state index in [-0.39, 0.29) is 0 Å². The molecule has 0 aliphatic carbocycles. The van der Waals surface area contributed by atoms with Gasteiger partial charge in [0.1, 0.15) is 11.3 Å². The van der Waals surface area contributed by atoms with Gasteiger partial charge in [0, 0.05) is 54.8 Å². The SMILES string of the molecule is CCc1ccc2c(c1)-c1cc3[nH]c(nc4nc(cc5[nH]c(nc-2n1)c1cc(CC)ccc51)-c1cc(CC)ccc1-4)c1cc(CC)ccc31. The van der Waals surface area contributed by atoms with Crippen molar-refractivity contribution in [2.24, 2.45) is 0 Å². The molecule has 0 amide bonds. The molecule has 3 aromatic heterocycles. The predicted octanol–water partition coefficient (Wildman–Crippen LogP) is 10.3. The zero-order valence-corrected chi connectivity index (χ0v) is 27.7. The van der Waals surface area contributed by atoms with E-state index in [1.54, 1.807) is 0 Å². The second-order valence-corrected chi connectivity index (χ2v) is 12.9. The lowest BCUT2D eigenvalue weighted by atomic mass is 10.0. The highest BCUT2D eigenvalue weighted by Gasteiger charge is 2.21. The number of aryl methyl sites for hydroxylation is 4. The minimum Gasteiger partial charge on any atom is -0.339 e. The van der Waals surface area contributed by atoms with E-state index in [1.165, 1.54) is 22.3 Å². The van der Waals surface area contributed by atoms with Crippen LogP contribution in [0.4, 0.5) is 0 Å². The molecule has 5 heterocycles. The van der Waals surface area contributed by atoms with Crippen molar-refractivity contribution in [3.63, 3.8) is 0 Å². The summed E-state index contributed by atoms with van der Waals surface area (Å²) < 4.78 is 0. The first kappa shape index (κ1) is 28.6. The van der Waals surface area contributed by atoms with Crippen LogP contribution in [-0.4, -0.2) is 29.9 Å². The molecule has 2 N–H and O–H groups in total. The molecule has 0 saturated carbocycles. The summed E-state index contributed by atoms with van der Waals surface area (Å²) in [5.41, 5.74) is 14.7. The Morgan fingerprint density at radius 1 is 0.396 bits per heavy atom. The van der Waals surface area contributed by atoms with Crippen molar-refractivity contribution in [2.45, 2.75) is 53.4 Å². The van der Waals surface area contributed by atoms with Crippen molar-refractivity contribution >= 4 is 43.9 Å². The van der Waals surface area contributed by atoms with Crippen LogP contribution in [-0.2, 0) is 25.7 Å². The van der Waals surface area contributed by atoms with Crippen molar-refractivity contribution in [3.05, 3.63) is 107 Å². The third-order valence-electron chi connectivity index (χ3n) is 10.0. The molecule has 0 unspecified atom stereocenters. The third kappa shape index (κ3) is 4.47. The zero-order chi connectivity index (χ0) is 32.5. The number of nitrogens with one attached hydrogen (secondary N) is 2. The van der Waals surface area contributed by atoms with Crippen LogP contribution in [0.1, 0.15) is 49.9 Å². The van der Waals surface area contributed by atoms with E-state index < -0.39 is 0 Å². The van der Waals surface area contributed by atoms with Gasteiger partial charge in [0.05, 0.1) is 11.4 Å². The Bertz CT molecular complexity index is 2440. The zero-order valence-electron chi connectivity index (χ0n) is 27.7. The minimum absolute atomic E-state index is 0.711. The Balaban J connectivity index is 1.48. The van der Waals surface area contributed by atoms with Gasteiger partial charge in [0.2, 0.25) is 0 Å². The third-order valence-corrected chi connectivity index (χ3v) is 10.0. The fraction of sp³-hybridized carbons (Fsp3) is 0.190. The van der Waals surface area contributed by atoms with Crippen LogP contribution < -0.4 is 0 Å². The second kappa shape index (κ2) is 11.0. The number of hydrogen-bond donors (Lipinski definition) is 2. The monoisotopic (exact) mass is 624 g/mol. The first-order valence-electron chi connectivity index (χ1n) is 17.1. The van der Waals surface area contributed by atoms with E-state index >= 15 is 0 Å². The maximum Gasteiger partial charge on any atom is 0.162 e. The van der Waals surface area contributed by atoms with Gasteiger partial charge in [0.15, 0.2) is 11.6 Å². The number of nitrogens with zero attached hydrogens (tertiary/aromatic N) is 4. The fourth-order valence-electron chi connectivity index (χ4n) is 7.19. The molecule has 6 heteroatoms. The molecule has 7 aromatic rings. The van der Waals surface area contributed by atoms with Gasteiger partial charge in [-0.1, -0.05) is 76.2 Å². The molecule has 0 radical (unpaired) electrons. The largest absolute Gasteiger partial charge is 0.339 e. The van der Waals surface area contributed by atoms with Crippen molar-refractivity contribution in [3.8, 4) is 45.3 Å². The van der Waals surface area contributed by atoms with Crippen LogP contribution in [0.3, 0.4) is 0 Å². The van der Waals surface area contributed by atoms with E-state index in [0.29, 0.717) is 11.6 Å². The highest BCUT2D eigenvalue weighted by molar-refractivity contribution is 6.08. The summed E-state index contributed by atoms with van der Waals surface area (Å²) >= 11 is 0. The van der Waals surface area contributed by atoms with Crippen molar-refractivity contribution in [1.29, 1.82) is 0 Å². The summed E-state index contributed by atoms with van der Waals surface area (Å²) in [4.78, 5) is 28.4. The molecule has 0 fully saturated rings. The van der Waals surface area contributed by atoms with Gasteiger partial charge in [-0.3, -0.25) is 0 Å². The van der Waals surface area contributed by atoms with Gasteiger partial charge in [-0.2, -0.15) is 0 Å². The molecule has 48 heavy (non-hydrogen) atoms. The molecule has 8 bridgehead atoms. The van der Waals surface area contributed by atoms with Gasteiger partial charge in [-0.15, -0.1) is 0 Å². The average molecular weight is 625 g/mol. The van der Waals surface area contributed by atoms with Crippen LogP contribution in [0.25, 0.3) is 89.2 Å². The summed E-state index contributed by atoms with van der Waals surface area (Å²) in [6.07, 6.45) is 3.79. The fourth-order valence-corrected chi connectivity index (χ4v) is 7.19. The maximum atomic E-state index is 5.28. The summed E-state index contributed by atoms with van der Waals surface area (Å²) in [6.45, 7) is 8.76. The van der Waals surface area contributed by atoms with Crippen LogP contribution in [0, 0.1) is 0 Å². The van der Waals surface area contributed by atoms with Crippen LogP contribution >= 0.6 is 0 Å². The summed E-state index contributed by atoms with van der Waals surface area (Å²) in [6, 6.07) is 30.9. The van der Waals surface area contributed by atoms with E-state index in [9.17, 15) is 0 Å². The number of benzene rings is 4. The van der Waals surface area contributed by atoms with Gasteiger partial charge >= 0.3 is 0 Å². The molecule has 0 saturated heterocycles. The topological polar surface area (TPSA) is 83.1 Å². The summed E-state index contributed by atoms with van der Waals surface area (Å²) in [5.74, 6) is 1.42. The van der Waals surface area contributed by atoms with Crippen LogP contribution in [0.2, 0.25) is 0 Å². The van der Waals surface area contributed by atoms with E-state index in [2.05, 4.69) is 123 Å². The van der Waals surface area contributed by atoms with Crippen LogP contribution in [0.15, 0.2) is 84.9 Å². The van der Waals surface area contributed by atoms with Gasteiger partial charge in [-0.05, 0) is 84.3 Å². The van der Waals surface area contributed by atoms with Gasteiger partial charge in [0.25, 0.3) is 0 Å². The van der Waals surface area contributed by atoms with E-state index in [1.807, 2.05) is 0 Å². The molecule has 4 aromatic carbocycles. The molecule has 9 rings (SSSR count). The second-order valence-electron chi connectivity index (χ2n) is 12.9. The Hall–Kier alpha value is -5.62. The van der Waals surface area contributed by atoms with E-state index in [4.69, 9.17) is 19.9 Å². The highest BCUT2D eigenvalue weighted by Crippen LogP contribution is 2.39. The number of aromatic amines is 2. The van der Waals surface area contributed by atoms with Crippen molar-refractivity contribution in [1.82, 2.24) is 29.9 Å². The quantitative estimate of drug-likeness (QED) is 0.204. The number of rotatable bonds is 4. The van der Waals surface area contributed by atoms with Crippen molar-refractivity contribution in [2.75, 3.05) is 0 Å². The first-order chi connectivity index (χ1) is 23.5. The maximum absolute atomic E-state index is 5.28. The molecular formula is C42H36N6. The molecule has 234 valence electrons. The lowest BCUT2D eigenvalue weighted by Crippen LogP contribution is -1.85. The van der Waals surface area contributed by atoms with Crippen molar-refractivity contribution < 1.29 is 0 Å². The molecule has 2 aliphatic heterocycles.